The van der Waals surface area contributed by atoms with Crippen LogP contribution in [0.3, 0.4) is 0 Å². The summed E-state index contributed by atoms with van der Waals surface area (Å²) in [5.41, 5.74) is 6.79. The summed E-state index contributed by atoms with van der Waals surface area (Å²) in [5.74, 6) is 1.17. The van der Waals surface area contributed by atoms with Crippen LogP contribution in [0.1, 0.15) is 12.5 Å². The van der Waals surface area contributed by atoms with Gasteiger partial charge in [0.1, 0.15) is 13.2 Å². The average Bonchev–Trinajstić information content (AvgIpc) is 2.30. The summed E-state index contributed by atoms with van der Waals surface area (Å²) in [6.45, 7) is 2.57. The molecule has 0 bridgehead atoms. The molecule has 0 unspecified atom stereocenters. The molecule has 0 amide bonds. The van der Waals surface area contributed by atoms with Gasteiger partial charge in [0.15, 0.2) is 21.3 Å². The highest BCUT2D eigenvalue weighted by Gasteiger charge is 2.17. The zero-order valence-corrected chi connectivity index (χ0v) is 10.4. The van der Waals surface area contributed by atoms with Crippen LogP contribution in [0, 0.1) is 0 Å². The Labute approximate surface area is 100 Å². The molecular formula is C11H15NO4S. The molecule has 0 saturated heterocycles. The van der Waals surface area contributed by atoms with E-state index in [1.54, 1.807) is 19.1 Å². The number of nitrogen functional groups attached to an aromatic ring is 1. The number of benzene rings is 1. The van der Waals surface area contributed by atoms with Crippen LogP contribution in [-0.2, 0) is 15.6 Å². The van der Waals surface area contributed by atoms with E-state index in [-0.39, 0.29) is 11.5 Å². The van der Waals surface area contributed by atoms with Gasteiger partial charge in [-0.15, -0.1) is 0 Å². The van der Waals surface area contributed by atoms with Crippen molar-refractivity contribution in [1.29, 1.82) is 0 Å². The first-order chi connectivity index (χ1) is 8.02. The minimum Gasteiger partial charge on any atom is -0.486 e. The molecule has 1 aliphatic heterocycles. The highest BCUT2D eigenvalue weighted by molar-refractivity contribution is 7.90. The van der Waals surface area contributed by atoms with Crippen molar-refractivity contribution in [3.63, 3.8) is 0 Å². The molecule has 6 heteroatoms. The second-order valence-corrected chi connectivity index (χ2v) is 6.22. The van der Waals surface area contributed by atoms with Gasteiger partial charge >= 0.3 is 0 Å². The maximum atomic E-state index is 11.6. The van der Waals surface area contributed by atoms with Crippen LogP contribution in [0.2, 0.25) is 0 Å². The molecule has 1 aromatic rings. The average molecular weight is 257 g/mol. The van der Waals surface area contributed by atoms with Gasteiger partial charge in [0.05, 0.1) is 5.75 Å². The molecule has 0 saturated carbocycles. The van der Waals surface area contributed by atoms with E-state index in [9.17, 15) is 8.42 Å². The van der Waals surface area contributed by atoms with Crippen molar-refractivity contribution >= 4 is 15.5 Å². The summed E-state index contributed by atoms with van der Waals surface area (Å²) in [7, 11) is -3.10. The van der Waals surface area contributed by atoms with Crippen LogP contribution in [-0.4, -0.2) is 27.4 Å². The SMILES string of the molecule is CCS(=O)(=O)Cc1cc2c(cc1N)OCCO2. The highest BCUT2D eigenvalue weighted by atomic mass is 32.2. The third kappa shape index (κ3) is 2.63. The first kappa shape index (κ1) is 12.0. The lowest BCUT2D eigenvalue weighted by Crippen LogP contribution is -2.16. The number of nitrogens with two attached hydrogens (primary N) is 1. The lowest BCUT2D eigenvalue weighted by atomic mass is 10.2. The van der Waals surface area contributed by atoms with Crippen LogP contribution in [0.15, 0.2) is 12.1 Å². The quantitative estimate of drug-likeness (QED) is 0.816. The van der Waals surface area contributed by atoms with Crippen LogP contribution >= 0.6 is 0 Å². The Hall–Kier alpha value is -1.43. The lowest BCUT2D eigenvalue weighted by molar-refractivity contribution is 0.171. The zero-order chi connectivity index (χ0) is 12.5. The van der Waals surface area contributed by atoms with Crippen molar-refractivity contribution < 1.29 is 17.9 Å². The number of fused-ring (bicyclic) bond motifs is 1. The number of sulfone groups is 1. The van der Waals surface area contributed by atoms with Crippen LogP contribution in [0.5, 0.6) is 11.5 Å². The van der Waals surface area contributed by atoms with E-state index in [1.807, 2.05) is 0 Å². The van der Waals surface area contributed by atoms with E-state index in [4.69, 9.17) is 15.2 Å². The molecule has 17 heavy (non-hydrogen) atoms. The molecule has 0 atom stereocenters. The highest BCUT2D eigenvalue weighted by Crippen LogP contribution is 2.35. The fraction of sp³-hybridized carbons (Fsp3) is 0.455. The molecule has 0 spiro atoms. The normalized spacial score (nSPS) is 14.6. The van der Waals surface area contributed by atoms with Crippen LogP contribution < -0.4 is 15.2 Å². The number of ether oxygens (including phenoxy) is 2. The topological polar surface area (TPSA) is 78.6 Å². The molecular weight excluding hydrogens is 242 g/mol. The van der Waals surface area contributed by atoms with Crippen molar-refractivity contribution in [1.82, 2.24) is 0 Å². The number of hydrogen-bond acceptors (Lipinski definition) is 5. The minimum atomic E-state index is -3.10. The van der Waals surface area contributed by atoms with Gasteiger partial charge in [-0.05, 0) is 11.6 Å². The molecule has 0 fully saturated rings. The van der Waals surface area contributed by atoms with Gasteiger partial charge in [0.25, 0.3) is 0 Å². The Kier molecular flexibility index (Phi) is 3.15. The van der Waals surface area contributed by atoms with E-state index in [0.29, 0.717) is 36.0 Å². The number of hydrogen-bond donors (Lipinski definition) is 1. The van der Waals surface area contributed by atoms with Crippen LogP contribution in [0.25, 0.3) is 0 Å². The first-order valence-electron chi connectivity index (χ1n) is 5.40. The third-order valence-electron chi connectivity index (χ3n) is 2.62. The molecule has 0 aromatic heterocycles. The van der Waals surface area contributed by atoms with E-state index in [1.165, 1.54) is 0 Å². The molecule has 5 nitrogen and oxygen atoms in total. The molecule has 2 N–H and O–H groups in total. The Balaban J connectivity index is 2.35. The van der Waals surface area contributed by atoms with Gasteiger partial charge in [-0.1, -0.05) is 6.92 Å². The Bertz CT molecular complexity index is 525. The smallest absolute Gasteiger partial charge is 0.163 e. The summed E-state index contributed by atoms with van der Waals surface area (Å²) in [5, 5.41) is 0. The number of rotatable bonds is 3. The molecule has 1 heterocycles. The molecule has 0 aliphatic carbocycles. The fourth-order valence-corrected chi connectivity index (χ4v) is 2.54. The number of anilines is 1. The monoisotopic (exact) mass is 257 g/mol. The Morgan fingerprint density at radius 1 is 1.24 bits per heavy atom. The van der Waals surface area contributed by atoms with Crippen molar-refractivity contribution in [2.75, 3.05) is 24.7 Å². The zero-order valence-electron chi connectivity index (χ0n) is 9.60. The fourth-order valence-electron chi connectivity index (χ4n) is 1.61. The summed E-state index contributed by atoms with van der Waals surface area (Å²) in [6.07, 6.45) is 0. The van der Waals surface area contributed by atoms with E-state index in [0.717, 1.165) is 0 Å². The minimum absolute atomic E-state index is 0.0635. The largest absolute Gasteiger partial charge is 0.486 e. The van der Waals surface area contributed by atoms with E-state index < -0.39 is 9.84 Å². The molecule has 1 aliphatic rings. The van der Waals surface area contributed by atoms with E-state index in [2.05, 4.69) is 0 Å². The summed E-state index contributed by atoms with van der Waals surface area (Å²) in [4.78, 5) is 0. The Morgan fingerprint density at radius 3 is 2.41 bits per heavy atom. The van der Waals surface area contributed by atoms with E-state index >= 15 is 0 Å². The van der Waals surface area contributed by atoms with Crippen molar-refractivity contribution in [3.05, 3.63) is 17.7 Å². The van der Waals surface area contributed by atoms with Gasteiger partial charge in [-0.2, -0.15) is 0 Å². The summed E-state index contributed by atoms with van der Waals surface area (Å²) >= 11 is 0. The van der Waals surface area contributed by atoms with Crippen molar-refractivity contribution in [2.45, 2.75) is 12.7 Å². The second kappa shape index (κ2) is 4.44. The molecule has 94 valence electrons. The standard InChI is InChI=1S/C11H15NO4S/c1-2-17(13,14)7-8-5-10-11(6-9(8)12)16-4-3-15-10/h5-6H,2-4,7,12H2,1H3. The van der Waals surface area contributed by atoms with Crippen molar-refractivity contribution in [2.24, 2.45) is 0 Å². The maximum Gasteiger partial charge on any atom is 0.163 e. The Morgan fingerprint density at radius 2 is 1.82 bits per heavy atom. The molecule has 2 rings (SSSR count). The summed E-state index contributed by atoms with van der Waals surface area (Å²) in [6, 6.07) is 3.27. The van der Waals surface area contributed by atoms with Gasteiger partial charge in [0, 0.05) is 17.5 Å². The summed E-state index contributed by atoms with van der Waals surface area (Å²) < 4.78 is 33.9. The van der Waals surface area contributed by atoms with Gasteiger partial charge in [-0.25, -0.2) is 8.42 Å². The first-order valence-corrected chi connectivity index (χ1v) is 7.22. The third-order valence-corrected chi connectivity index (χ3v) is 4.25. The van der Waals surface area contributed by atoms with Gasteiger partial charge in [0.2, 0.25) is 0 Å². The molecule has 1 aromatic carbocycles. The predicted octanol–water partition coefficient (Wildman–Crippen LogP) is 0.975. The maximum absolute atomic E-state index is 11.6. The molecule has 0 radical (unpaired) electrons. The van der Waals surface area contributed by atoms with Crippen molar-refractivity contribution in [3.8, 4) is 11.5 Å². The second-order valence-electron chi connectivity index (χ2n) is 3.87. The van der Waals surface area contributed by atoms with Crippen LogP contribution in [0.4, 0.5) is 5.69 Å². The van der Waals surface area contributed by atoms with Gasteiger partial charge in [-0.3, -0.25) is 0 Å². The van der Waals surface area contributed by atoms with Gasteiger partial charge < -0.3 is 15.2 Å². The predicted molar refractivity (Wildman–Crippen MR) is 65.0 cm³/mol. The lowest BCUT2D eigenvalue weighted by Gasteiger charge is -2.20.